The first kappa shape index (κ1) is 20.1. The molecule has 0 N–H and O–H groups in total. The molecule has 1 saturated heterocycles. The lowest BCUT2D eigenvalue weighted by atomic mass is 9.93. The summed E-state index contributed by atoms with van der Waals surface area (Å²) in [5, 5.41) is 11.4. The Hall–Kier alpha value is -3.69. The largest absolute Gasteiger partial charge is 0.441 e. The minimum atomic E-state index is -1.20. The summed E-state index contributed by atoms with van der Waals surface area (Å²) in [6.45, 7) is 1.36. The summed E-state index contributed by atoms with van der Waals surface area (Å²) in [5.74, 6) is -2.97. The fourth-order valence-corrected chi connectivity index (χ4v) is 3.24. The molecule has 0 spiro atoms. The van der Waals surface area contributed by atoms with Crippen LogP contribution in [0.2, 0.25) is 0 Å². The molecular formula is C19H16N2O8. The number of amides is 3. The maximum Gasteiger partial charge on any atom is 0.424 e. The van der Waals surface area contributed by atoms with Crippen LogP contribution in [0.25, 0.3) is 0 Å². The molecule has 3 amide bonds. The summed E-state index contributed by atoms with van der Waals surface area (Å²) >= 11 is 0. The quantitative estimate of drug-likeness (QED) is 0.315. The zero-order chi connectivity index (χ0) is 21.3. The third-order valence-corrected chi connectivity index (χ3v) is 4.78. The van der Waals surface area contributed by atoms with E-state index in [1.54, 1.807) is 0 Å². The molecule has 10 nitrogen and oxygen atoms in total. The Balaban J connectivity index is 1.84. The van der Waals surface area contributed by atoms with E-state index in [0.717, 1.165) is 0 Å². The molecule has 0 aromatic heterocycles. The normalized spacial score (nSPS) is 17.9. The Bertz CT molecular complexity index is 946. The number of carbonyl (C=O) groups excluding carboxylic acids is 5. The van der Waals surface area contributed by atoms with Gasteiger partial charge in [0.1, 0.15) is 6.10 Å². The molecule has 1 atom stereocenters. The molecule has 0 radical (unpaired) electrons. The third kappa shape index (κ3) is 3.96. The Kier molecular flexibility index (Phi) is 5.35. The van der Waals surface area contributed by atoms with Crippen molar-refractivity contribution < 1.29 is 33.6 Å². The van der Waals surface area contributed by atoms with Crippen LogP contribution in [-0.2, 0) is 30.3 Å². The number of benzene rings is 1. The zero-order valence-corrected chi connectivity index (χ0v) is 15.3. The van der Waals surface area contributed by atoms with Crippen LogP contribution >= 0.6 is 0 Å². The van der Waals surface area contributed by atoms with Crippen LogP contribution in [0.15, 0.2) is 30.4 Å². The first-order valence-electron chi connectivity index (χ1n) is 8.78. The fourth-order valence-electron chi connectivity index (χ4n) is 3.24. The van der Waals surface area contributed by atoms with Gasteiger partial charge in [-0.15, -0.1) is 0 Å². The Morgan fingerprint density at radius 1 is 1.17 bits per heavy atom. The average molecular weight is 400 g/mol. The number of imide groups is 3. The molecule has 1 aliphatic carbocycles. The second kappa shape index (κ2) is 7.74. The van der Waals surface area contributed by atoms with E-state index < -0.39 is 34.9 Å². The van der Waals surface area contributed by atoms with Gasteiger partial charge < -0.3 is 4.74 Å². The van der Waals surface area contributed by atoms with E-state index in [4.69, 9.17) is 4.74 Å². The number of hydrogen-bond donors (Lipinski definition) is 0. The highest BCUT2D eigenvalue weighted by Crippen LogP contribution is 2.31. The van der Waals surface area contributed by atoms with E-state index >= 15 is 0 Å². The highest BCUT2D eigenvalue weighted by atomic mass is 16.6. The number of nitro benzene ring substituents is 1. The van der Waals surface area contributed by atoms with Crippen LogP contribution < -0.4 is 0 Å². The second-order valence-electron chi connectivity index (χ2n) is 6.69. The van der Waals surface area contributed by atoms with E-state index in [0.29, 0.717) is 10.5 Å². The topological polar surface area (TPSA) is 141 Å². The molecule has 29 heavy (non-hydrogen) atoms. The molecule has 1 unspecified atom stereocenters. The van der Waals surface area contributed by atoms with Gasteiger partial charge in [0.15, 0.2) is 11.6 Å². The summed E-state index contributed by atoms with van der Waals surface area (Å²) in [4.78, 5) is 70.1. The van der Waals surface area contributed by atoms with Crippen molar-refractivity contribution in [1.82, 2.24) is 4.90 Å². The number of carbonyl (C=O) groups is 5. The lowest BCUT2D eigenvalue weighted by molar-refractivity contribution is -0.386. The number of rotatable bonds is 5. The smallest absolute Gasteiger partial charge is 0.424 e. The minimum absolute atomic E-state index is 0.0193. The van der Waals surface area contributed by atoms with Crippen molar-refractivity contribution in [2.24, 2.45) is 5.92 Å². The van der Waals surface area contributed by atoms with Crippen LogP contribution in [-0.4, -0.2) is 39.3 Å². The highest BCUT2D eigenvalue weighted by molar-refractivity contribution is 6.18. The number of allylic oxidation sites excluding steroid dienone is 2. The standard InChI is InChI=1S/C19H16N2O8/c1-10(29-19(26)20-17(24)6-7-18(20)25)12-8-11(2-3-14(12)21(27)28)9-13-15(22)4-5-16(13)23/h2-5,8,10,13H,6-7,9H2,1H3. The number of hydrogen-bond acceptors (Lipinski definition) is 8. The van der Waals surface area contributed by atoms with Crippen molar-refractivity contribution in [3.63, 3.8) is 0 Å². The molecule has 150 valence electrons. The maximum atomic E-state index is 12.2. The lowest BCUT2D eigenvalue weighted by Gasteiger charge is -2.18. The molecule has 1 aromatic carbocycles. The summed E-state index contributed by atoms with van der Waals surface area (Å²) in [7, 11) is 0. The molecule has 1 aromatic rings. The maximum absolute atomic E-state index is 12.2. The second-order valence-corrected chi connectivity index (χ2v) is 6.69. The van der Waals surface area contributed by atoms with Gasteiger partial charge in [0.05, 0.1) is 16.4 Å². The molecule has 1 aliphatic heterocycles. The Labute approximate surface area is 164 Å². The van der Waals surface area contributed by atoms with Crippen LogP contribution in [0, 0.1) is 16.0 Å². The van der Waals surface area contributed by atoms with E-state index in [1.165, 1.54) is 37.3 Å². The van der Waals surface area contributed by atoms with Crippen molar-refractivity contribution in [3.05, 3.63) is 51.6 Å². The number of ether oxygens (including phenoxy) is 1. The Morgan fingerprint density at radius 2 is 1.76 bits per heavy atom. The van der Waals surface area contributed by atoms with Gasteiger partial charge in [-0.05, 0) is 37.1 Å². The molecule has 2 aliphatic rings. The molecular weight excluding hydrogens is 384 g/mol. The molecule has 1 fully saturated rings. The van der Waals surface area contributed by atoms with Crippen LogP contribution in [0.4, 0.5) is 10.5 Å². The fraction of sp³-hybridized carbons (Fsp3) is 0.316. The summed E-state index contributed by atoms with van der Waals surface area (Å²) < 4.78 is 5.11. The monoisotopic (exact) mass is 400 g/mol. The molecule has 1 heterocycles. The summed E-state index contributed by atoms with van der Waals surface area (Å²) in [6, 6.07) is 3.99. The van der Waals surface area contributed by atoms with E-state index in [9.17, 15) is 34.1 Å². The molecule has 0 saturated carbocycles. The van der Waals surface area contributed by atoms with Crippen LogP contribution in [0.3, 0.4) is 0 Å². The number of likely N-dealkylation sites (tertiary alicyclic amines) is 1. The zero-order valence-electron chi connectivity index (χ0n) is 15.3. The molecule has 3 rings (SSSR count). The molecule has 0 bridgehead atoms. The summed E-state index contributed by atoms with van der Waals surface area (Å²) in [5.41, 5.74) is 0.151. The summed E-state index contributed by atoms with van der Waals surface area (Å²) in [6.07, 6.45) is -0.140. The SMILES string of the molecule is CC(OC(=O)N1C(=O)CCC1=O)c1cc(CC2C(=O)C=CC2=O)ccc1[N+](=O)[O-]. The van der Waals surface area contributed by atoms with Gasteiger partial charge in [0, 0.05) is 18.9 Å². The third-order valence-electron chi connectivity index (χ3n) is 4.78. The van der Waals surface area contributed by atoms with Crippen molar-refractivity contribution >= 4 is 35.2 Å². The van der Waals surface area contributed by atoms with Crippen molar-refractivity contribution in [2.45, 2.75) is 32.3 Å². The minimum Gasteiger partial charge on any atom is -0.441 e. The van der Waals surface area contributed by atoms with E-state index in [-0.39, 0.29) is 42.1 Å². The van der Waals surface area contributed by atoms with Gasteiger partial charge >= 0.3 is 6.09 Å². The first-order valence-corrected chi connectivity index (χ1v) is 8.78. The average Bonchev–Trinajstić information content (AvgIpc) is 3.16. The van der Waals surface area contributed by atoms with Gasteiger partial charge in [0.25, 0.3) is 5.69 Å². The first-order chi connectivity index (χ1) is 13.7. The van der Waals surface area contributed by atoms with Gasteiger partial charge in [-0.2, -0.15) is 4.90 Å². The predicted octanol–water partition coefficient (Wildman–Crippen LogP) is 1.81. The van der Waals surface area contributed by atoms with Crippen LogP contribution in [0.1, 0.15) is 37.0 Å². The predicted molar refractivity (Wildman–Crippen MR) is 95.4 cm³/mol. The number of nitro groups is 1. The van der Waals surface area contributed by atoms with Gasteiger partial charge in [-0.25, -0.2) is 4.79 Å². The van der Waals surface area contributed by atoms with Crippen molar-refractivity contribution in [2.75, 3.05) is 0 Å². The van der Waals surface area contributed by atoms with Gasteiger partial charge in [-0.3, -0.25) is 29.3 Å². The Morgan fingerprint density at radius 3 is 2.31 bits per heavy atom. The van der Waals surface area contributed by atoms with Crippen molar-refractivity contribution in [1.29, 1.82) is 0 Å². The highest BCUT2D eigenvalue weighted by Gasteiger charge is 2.37. The van der Waals surface area contributed by atoms with E-state index in [2.05, 4.69) is 0 Å². The van der Waals surface area contributed by atoms with Crippen LogP contribution in [0.5, 0.6) is 0 Å². The number of ketones is 2. The van der Waals surface area contributed by atoms with Gasteiger partial charge in [0.2, 0.25) is 11.8 Å². The molecule has 10 heteroatoms. The van der Waals surface area contributed by atoms with Gasteiger partial charge in [-0.1, -0.05) is 6.07 Å². The van der Waals surface area contributed by atoms with E-state index in [1.807, 2.05) is 0 Å². The number of nitrogens with zero attached hydrogens (tertiary/aromatic N) is 2. The lowest BCUT2D eigenvalue weighted by Crippen LogP contribution is -2.36. The van der Waals surface area contributed by atoms with Crippen molar-refractivity contribution in [3.8, 4) is 0 Å².